The number of aromatic nitrogens is 5. The smallest absolute Gasteiger partial charge is 0.161 e. The Kier molecular flexibility index (Phi) is 2.34. The van der Waals surface area contributed by atoms with Gasteiger partial charge < -0.3 is 5.73 Å². The van der Waals surface area contributed by atoms with Crippen molar-refractivity contribution in [3.63, 3.8) is 0 Å². The normalized spacial score (nSPS) is 11.7. The van der Waals surface area contributed by atoms with Crippen LogP contribution in [0.25, 0.3) is 5.82 Å². The minimum absolute atomic E-state index is 0.148. The van der Waals surface area contributed by atoms with Gasteiger partial charge in [0.1, 0.15) is 24.3 Å². The molecule has 0 saturated heterocycles. The molecule has 2 aromatic heterocycles. The summed E-state index contributed by atoms with van der Waals surface area (Å²) >= 11 is 0. The number of anilines is 1. The van der Waals surface area contributed by atoms with Crippen molar-refractivity contribution in [1.29, 1.82) is 0 Å². The molecule has 16 heavy (non-hydrogen) atoms. The van der Waals surface area contributed by atoms with Crippen LogP contribution in [0.2, 0.25) is 0 Å². The zero-order valence-electron chi connectivity index (χ0n) is 9.55. The van der Waals surface area contributed by atoms with Gasteiger partial charge in [0.25, 0.3) is 0 Å². The van der Waals surface area contributed by atoms with Gasteiger partial charge in [-0.3, -0.25) is 0 Å². The number of rotatable bonds is 1. The van der Waals surface area contributed by atoms with Crippen LogP contribution in [-0.4, -0.2) is 24.7 Å². The molecule has 2 N–H and O–H groups in total. The van der Waals surface area contributed by atoms with Crippen LogP contribution in [0, 0.1) is 0 Å². The van der Waals surface area contributed by atoms with Gasteiger partial charge in [0.2, 0.25) is 0 Å². The molecule has 0 unspecified atom stereocenters. The van der Waals surface area contributed by atoms with Crippen molar-refractivity contribution in [2.24, 2.45) is 0 Å². The molecule has 0 radical (unpaired) electrons. The molecule has 0 atom stereocenters. The van der Waals surface area contributed by atoms with Crippen LogP contribution >= 0.6 is 0 Å². The molecule has 0 aliphatic carbocycles. The van der Waals surface area contributed by atoms with Crippen molar-refractivity contribution in [2.45, 2.75) is 26.2 Å². The van der Waals surface area contributed by atoms with E-state index >= 15 is 0 Å². The lowest BCUT2D eigenvalue weighted by atomic mass is 9.96. The Labute approximate surface area is 93.6 Å². The molecule has 2 rings (SSSR count). The van der Waals surface area contributed by atoms with E-state index in [1.165, 1.54) is 6.33 Å². The van der Waals surface area contributed by atoms with Gasteiger partial charge in [-0.15, -0.1) is 0 Å². The van der Waals surface area contributed by atoms with Gasteiger partial charge in [0.15, 0.2) is 5.82 Å². The number of hydrogen-bond acceptors (Lipinski definition) is 5. The lowest BCUT2D eigenvalue weighted by molar-refractivity contribution is 0.543. The van der Waals surface area contributed by atoms with E-state index in [0.29, 0.717) is 17.5 Å². The largest absolute Gasteiger partial charge is 0.384 e. The highest BCUT2D eigenvalue weighted by Crippen LogP contribution is 2.20. The van der Waals surface area contributed by atoms with Crippen LogP contribution in [0.5, 0.6) is 0 Å². The summed E-state index contributed by atoms with van der Waals surface area (Å²) in [5.41, 5.74) is 5.60. The second kappa shape index (κ2) is 3.55. The molecule has 0 aromatic carbocycles. The molecule has 84 valence electrons. The van der Waals surface area contributed by atoms with E-state index in [-0.39, 0.29) is 5.41 Å². The highest BCUT2D eigenvalue weighted by atomic mass is 15.3. The first-order valence-corrected chi connectivity index (χ1v) is 4.97. The Bertz CT molecular complexity index is 483. The van der Waals surface area contributed by atoms with E-state index in [0.717, 1.165) is 0 Å². The fraction of sp³-hybridized carbons (Fsp3) is 0.400. The fourth-order valence-corrected chi connectivity index (χ4v) is 1.23. The van der Waals surface area contributed by atoms with E-state index in [2.05, 4.69) is 20.1 Å². The van der Waals surface area contributed by atoms with Gasteiger partial charge in [0, 0.05) is 11.5 Å². The van der Waals surface area contributed by atoms with Gasteiger partial charge >= 0.3 is 0 Å². The van der Waals surface area contributed by atoms with E-state index in [1.54, 1.807) is 17.1 Å². The maximum atomic E-state index is 5.75. The van der Waals surface area contributed by atoms with Crippen molar-refractivity contribution >= 4 is 5.82 Å². The van der Waals surface area contributed by atoms with E-state index in [4.69, 9.17) is 5.73 Å². The summed E-state index contributed by atoms with van der Waals surface area (Å²) in [4.78, 5) is 12.5. The third-order valence-electron chi connectivity index (χ3n) is 2.06. The molecule has 6 nitrogen and oxygen atoms in total. The number of nitrogen functional groups attached to an aromatic ring is 1. The van der Waals surface area contributed by atoms with Crippen LogP contribution in [0.1, 0.15) is 26.6 Å². The lowest BCUT2D eigenvalue weighted by Gasteiger charge is -2.17. The Hall–Kier alpha value is -1.98. The summed E-state index contributed by atoms with van der Waals surface area (Å²) in [5.74, 6) is 1.76. The zero-order valence-corrected chi connectivity index (χ0v) is 9.55. The van der Waals surface area contributed by atoms with Crippen LogP contribution in [-0.2, 0) is 5.41 Å². The van der Waals surface area contributed by atoms with Crippen LogP contribution in [0.3, 0.4) is 0 Å². The second-order valence-corrected chi connectivity index (χ2v) is 4.56. The monoisotopic (exact) mass is 218 g/mol. The summed E-state index contributed by atoms with van der Waals surface area (Å²) in [7, 11) is 0. The average molecular weight is 218 g/mol. The molecule has 0 spiro atoms. The quantitative estimate of drug-likeness (QED) is 0.770. The fourth-order valence-electron chi connectivity index (χ4n) is 1.23. The van der Waals surface area contributed by atoms with Crippen molar-refractivity contribution in [1.82, 2.24) is 24.7 Å². The molecule has 0 bridgehead atoms. The Morgan fingerprint density at radius 1 is 1.25 bits per heavy atom. The first kappa shape index (κ1) is 10.5. The molecular formula is C10H14N6. The number of hydrogen-bond donors (Lipinski definition) is 1. The molecule has 0 amide bonds. The molecular weight excluding hydrogens is 204 g/mol. The molecule has 6 heteroatoms. The summed E-state index contributed by atoms with van der Waals surface area (Å²) in [6.45, 7) is 6.10. The van der Waals surface area contributed by atoms with Crippen LogP contribution in [0.4, 0.5) is 5.82 Å². The molecule has 2 heterocycles. The van der Waals surface area contributed by atoms with Gasteiger partial charge in [-0.05, 0) is 0 Å². The molecule has 0 saturated carbocycles. The topological polar surface area (TPSA) is 82.5 Å². The average Bonchev–Trinajstić information content (AvgIpc) is 2.68. The predicted molar refractivity (Wildman–Crippen MR) is 60.1 cm³/mol. The third kappa shape index (κ3) is 2.00. The first-order valence-electron chi connectivity index (χ1n) is 4.97. The van der Waals surface area contributed by atoms with Gasteiger partial charge in [-0.1, -0.05) is 20.8 Å². The van der Waals surface area contributed by atoms with Crippen molar-refractivity contribution in [3.8, 4) is 5.82 Å². The van der Waals surface area contributed by atoms with Crippen molar-refractivity contribution in [2.75, 3.05) is 5.73 Å². The maximum Gasteiger partial charge on any atom is 0.161 e. The Balaban J connectivity index is 2.53. The van der Waals surface area contributed by atoms with Gasteiger partial charge in [-0.2, -0.15) is 5.10 Å². The summed E-state index contributed by atoms with van der Waals surface area (Å²) in [6, 6.07) is 1.67. The Morgan fingerprint density at radius 3 is 2.56 bits per heavy atom. The summed E-state index contributed by atoms with van der Waals surface area (Å²) in [5, 5.41) is 4.01. The van der Waals surface area contributed by atoms with Gasteiger partial charge in [-0.25, -0.2) is 19.6 Å². The van der Waals surface area contributed by atoms with E-state index < -0.39 is 0 Å². The summed E-state index contributed by atoms with van der Waals surface area (Å²) < 4.78 is 1.56. The molecule has 2 aromatic rings. The zero-order chi connectivity index (χ0) is 11.8. The standard InChI is InChI=1S/C10H14N6/c1-10(2,3)9-14-7(11)4-8(15-9)16-6-12-5-13-16/h4-6H,1-3H3,(H2,11,14,15). The Morgan fingerprint density at radius 2 is 2.00 bits per heavy atom. The van der Waals surface area contributed by atoms with Crippen LogP contribution in [0.15, 0.2) is 18.7 Å². The van der Waals surface area contributed by atoms with Crippen molar-refractivity contribution < 1.29 is 0 Å². The SMILES string of the molecule is CC(C)(C)c1nc(N)cc(-n2cncn2)n1. The molecule has 0 aliphatic rings. The first-order chi connectivity index (χ1) is 7.47. The summed E-state index contributed by atoms with van der Waals surface area (Å²) in [6.07, 6.45) is 3.03. The van der Waals surface area contributed by atoms with E-state index in [9.17, 15) is 0 Å². The minimum Gasteiger partial charge on any atom is -0.384 e. The minimum atomic E-state index is -0.148. The number of nitrogens with zero attached hydrogens (tertiary/aromatic N) is 5. The highest BCUT2D eigenvalue weighted by Gasteiger charge is 2.19. The molecule has 0 fully saturated rings. The van der Waals surface area contributed by atoms with Crippen molar-refractivity contribution in [3.05, 3.63) is 24.5 Å². The van der Waals surface area contributed by atoms with Gasteiger partial charge in [0.05, 0.1) is 0 Å². The maximum absolute atomic E-state index is 5.75. The van der Waals surface area contributed by atoms with E-state index in [1.807, 2.05) is 20.8 Å². The lowest BCUT2D eigenvalue weighted by Crippen LogP contribution is -2.18. The number of nitrogens with two attached hydrogens (primary N) is 1. The predicted octanol–water partition coefficient (Wildman–Crippen LogP) is 0.937. The van der Waals surface area contributed by atoms with Crippen LogP contribution < -0.4 is 5.73 Å². The second-order valence-electron chi connectivity index (χ2n) is 4.56. The highest BCUT2D eigenvalue weighted by molar-refractivity contribution is 5.37. The third-order valence-corrected chi connectivity index (χ3v) is 2.06. The molecule has 0 aliphatic heterocycles.